The van der Waals surface area contributed by atoms with E-state index in [0.717, 1.165) is 22.3 Å². The maximum absolute atomic E-state index is 12.7. The molecule has 5 aromatic rings. The maximum atomic E-state index is 12.7. The van der Waals surface area contributed by atoms with Crippen molar-refractivity contribution in [3.8, 4) is 11.5 Å². The van der Waals surface area contributed by atoms with Crippen molar-refractivity contribution < 1.29 is 47.5 Å². The van der Waals surface area contributed by atoms with E-state index in [9.17, 15) is 9.59 Å². The first-order chi connectivity index (χ1) is 26.9. The Kier molecular flexibility index (Phi) is 14.2. The standard InChI is InChI=1S/C45H46O10/c1-31-24-37(25-38(53-32(2)46)40(31)44(47)48-3)54-45-43(52-29-36-22-14-7-15-23-36)42(51-28-35-20-12-6-13-21-35)41(50-27-34-18-10-5-11-19-34)39(55-45)30-49-26-33-16-8-4-9-17-33/h4-25,39,41-43,45H,26-30H2,1-3H3/t39-,41-,42+,43-,45+/m1/s1. The van der Waals surface area contributed by atoms with Crippen LogP contribution < -0.4 is 9.47 Å². The first-order valence-corrected chi connectivity index (χ1v) is 18.2. The van der Waals surface area contributed by atoms with Gasteiger partial charge in [-0.25, -0.2) is 4.79 Å². The number of benzene rings is 5. The molecule has 0 aliphatic carbocycles. The number of aryl methyl sites for hydroxylation is 1. The van der Waals surface area contributed by atoms with Gasteiger partial charge in [-0.2, -0.15) is 0 Å². The number of rotatable bonds is 17. The van der Waals surface area contributed by atoms with Crippen LogP contribution in [0.2, 0.25) is 0 Å². The summed E-state index contributed by atoms with van der Waals surface area (Å²) in [5, 5.41) is 0. The summed E-state index contributed by atoms with van der Waals surface area (Å²) in [6.45, 7) is 4.22. The molecule has 286 valence electrons. The van der Waals surface area contributed by atoms with Crippen molar-refractivity contribution >= 4 is 11.9 Å². The van der Waals surface area contributed by atoms with E-state index in [1.54, 1.807) is 13.0 Å². The third-order valence-corrected chi connectivity index (χ3v) is 9.01. The van der Waals surface area contributed by atoms with Crippen LogP contribution in [0, 0.1) is 6.92 Å². The fourth-order valence-electron chi connectivity index (χ4n) is 6.37. The molecule has 6 rings (SSSR count). The van der Waals surface area contributed by atoms with Crippen LogP contribution in [0.15, 0.2) is 133 Å². The Morgan fingerprint density at radius 3 is 1.58 bits per heavy atom. The summed E-state index contributed by atoms with van der Waals surface area (Å²) in [5.41, 5.74) is 4.47. The minimum absolute atomic E-state index is 0.00407. The monoisotopic (exact) mass is 746 g/mol. The van der Waals surface area contributed by atoms with Gasteiger partial charge in [-0.1, -0.05) is 121 Å². The van der Waals surface area contributed by atoms with Gasteiger partial charge in [-0.3, -0.25) is 4.79 Å². The Morgan fingerprint density at radius 2 is 1.09 bits per heavy atom. The van der Waals surface area contributed by atoms with Gasteiger partial charge >= 0.3 is 11.9 Å². The van der Waals surface area contributed by atoms with Crippen LogP contribution in [-0.2, 0) is 59.6 Å². The number of methoxy groups -OCH3 is 1. The summed E-state index contributed by atoms with van der Waals surface area (Å²) in [7, 11) is 1.26. The number of hydrogen-bond acceptors (Lipinski definition) is 10. The van der Waals surface area contributed by atoms with Crippen molar-refractivity contribution in [3.63, 3.8) is 0 Å². The highest BCUT2D eigenvalue weighted by Crippen LogP contribution is 2.35. The Hall–Kier alpha value is -5.36. The van der Waals surface area contributed by atoms with Gasteiger partial charge < -0.3 is 37.9 Å². The molecule has 1 fully saturated rings. The van der Waals surface area contributed by atoms with Gasteiger partial charge in [-0.15, -0.1) is 0 Å². The first-order valence-electron chi connectivity index (χ1n) is 18.2. The van der Waals surface area contributed by atoms with Gasteiger partial charge in [0.15, 0.2) is 0 Å². The lowest BCUT2D eigenvalue weighted by molar-refractivity contribution is -0.310. The quantitative estimate of drug-likeness (QED) is 0.0692. The van der Waals surface area contributed by atoms with Crippen molar-refractivity contribution in [2.75, 3.05) is 13.7 Å². The van der Waals surface area contributed by atoms with Crippen LogP contribution in [0.3, 0.4) is 0 Å². The van der Waals surface area contributed by atoms with Crippen LogP contribution >= 0.6 is 0 Å². The van der Waals surface area contributed by atoms with Gasteiger partial charge in [0.25, 0.3) is 0 Å². The minimum Gasteiger partial charge on any atom is -0.465 e. The molecule has 1 aliphatic rings. The van der Waals surface area contributed by atoms with E-state index in [0.29, 0.717) is 12.2 Å². The molecule has 5 atom stereocenters. The fourth-order valence-corrected chi connectivity index (χ4v) is 6.37. The Bertz CT molecular complexity index is 1940. The van der Waals surface area contributed by atoms with Crippen LogP contribution in [0.5, 0.6) is 11.5 Å². The number of esters is 2. The normalized spacial score (nSPS) is 19.4. The second-order valence-electron chi connectivity index (χ2n) is 13.1. The van der Waals surface area contributed by atoms with Crippen LogP contribution in [-0.4, -0.2) is 56.4 Å². The number of hydrogen-bond donors (Lipinski definition) is 0. The van der Waals surface area contributed by atoms with Crippen molar-refractivity contribution in [1.29, 1.82) is 0 Å². The molecule has 0 aromatic heterocycles. The summed E-state index contributed by atoms with van der Waals surface area (Å²) >= 11 is 0. The molecular weight excluding hydrogens is 700 g/mol. The van der Waals surface area contributed by atoms with Crippen molar-refractivity contribution in [2.45, 2.75) is 71.0 Å². The SMILES string of the molecule is COC(=O)c1c(C)cc(O[C@H]2O[C@H](COCc3ccccc3)[C@@H](OCc3ccccc3)[C@H](OCc3ccccc3)[C@H]2OCc2ccccc2)cc1OC(C)=O. The fraction of sp³-hybridized carbons (Fsp3) is 0.289. The molecule has 1 saturated heterocycles. The van der Waals surface area contributed by atoms with Crippen LogP contribution in [0.25, 0.3) is 0 Å². The van der Waals surface area contributed by atoms with Gasteiger partial charge in [0, 0.05) is 13.0 Å². The second kappa shape index (κ2) is 19.8. The summed E-state index contributed by atoms with van der Waals surface area (Å²) in [6.07, 6.45) is -3.98. The van der Waals surface area contributed by atoms with E-state index in [4.69, 9.17) is 37.9 Å². The number of carbonyl (C=O) groups excluding carboxylic acids is 2. The lowest BCUT2D eigenvalue weighted by atomic mass is 9.97. The zero-order valence-corrected chi connectivity index (χ0v) is 31.2. The predicted octanol–water partition coefficient (Wildman–Crippen LogP) is 7.78. The summed E-state index contributed by atoms with van der Waals surface area (Å²) in [4.78, 5) is 24.9. The van der Waals surface area contributed by atoms with E-state index in [-0.39, 0.29) is 43.5 Å². The molecule has 0 saturated carbocycles. The molecule has 10 nitrogen and oxygen atoms in total. The Labute approximate surface area is 321 Å². The molecule has 5 aromatic carbocycles. The molecule has 0 spiro atoms. The van der Waals surface area contributed by atoms with Crippen LogP contribution in [0.1, 0.15) is 45.1 Å². The maximum Gasteiger partial charge on any atom is 0.341 e. The van der Waals surface area contributed by atoms with Crippen molar-refractivity contribution in [1.82, 2.24) is 0 Å². The lowest BCUT2D eigenvalue weighted by Crippen LogP contribution is -2.62. The summed E-state index contributed by atoms with van der Waals surface area (Å²) in [6, 6.07) is 42.6. The molecule has 0 unspecified atom stereocenters. The largest absolute Gasteiger partial charge is 0.465 e. The molecule has 10 heteroatoms. The zero-order chi connectivity index (χ0) is 38.4. The van der Waals surface area contributed by atoms with Gasteiger partial charge in [-0.05, 0) is 40.8 Å². The van der Waals surface area contributed by atoms with E-state index in [2.05, 4.69) is 0 Å². The number of carbonyl (C=O) groups is 2. The van der Waals surface area contributed by atoms with Crippen LogP contribution in [0.4, 0.5) is 0 Å². The molecule has 0 bridgehead atoms. The smallest absolute Gasteiger partial charge is 0.341 e. The number of ether oxygens (including phenoxy) is 8. The highest BCUT2D eigenvalue weighted by molar-refractivity contribution is 5.95. The molecule has 0 radical (unpaired) electrons. The molecular formula is C45H46O10. The lowest BCUT2D eigenvalue weighted by Gasteiger charge is -2.45. The van der Waals surface area contributed by atoms with E-state index >= 15 is 0 Å². The highest BCUT2D eigenvalue weighted by atomic mass is 16.7. The summed E-state index contributed by atoms with van der Waals surface area (Å²) in [5.74, 6) is -0.991. The average Bonchev–Trinajstić information content (AvgIpc) is 3.20. The predicted molar refractivity (Wildman–Crippen MR) is 204 cm³/mol. The second-order valence-corrected chi connectivity index (χ2v) is 13.1. The third-order valence-electron chi connectivity index (χ3n) is 9.01. The molecule has 0 amide bonds. The zero-order valence-electron chi connectivity index (χ0n) is 31.2. The third kappa shape index (κ3) is 11.1. The molecule has 0 N–H and O–H groups in total. The van der Waals surface area contributed by atoms with Crippen molar-refractivity contribution in [2.24, 2.45) is 0 Å². The van der Waals surface area contributed by atoms with E-state index in [1.165, 1.54) is 20.1 Å². The summed E-state index contributed by atoms with van der Waals surface area (Å²) < 4.78 is 50.4. The first kappa shape index (κ1) is 39.3. The van der Waals surface area contributed by atoms with E-state index < -0.39 is 42.6 Å². The Morgan fingerprint density at radius 1 is 0.618 bits per heavy atom. The van der Waals surface area contributed by atoms with Gasteiger partial charge in [0.2, 0.25) is 6.29 Å². The highest BCUT2D eigenvalue weighted by Gasteiger charge is 2.50. The average molecular weight is 747 g/mol. The molecule has 1 aliphatic heterocycles. The minimum atomic E-state index is -1.07. The molecule has 55 heavy (non-hydrogen) atoms. The van der Waals surface area contributed by atoms with E-state index in [1.807, 2.05) is 121 Å². The van der Waals surface area contributed by atoms with Gasteiger partial charge in [0.05, 0.1) is 40.1 Å². The molecule has 1 heterocycles. The topological polar surface area (TPSA) is 108 Å². The van der Waals surface area contributed by atoms with Gasteiger partial charge in [0.1, 0.15) is 41.5 Å². The van der Waals surface area contributed by atoms with Crippen molar-refractivity contribution in [3.05, 3.63) is 167 Å². The Balaban J connectivity index is 1.38.